The van der Waals surface area contributed by atoms with E-state index in [2.05, 4.69) is 33.9 Å². The van der Waals surface area contributed by atoms with E-state index in [1.807, 2.05) is 39.5 Å². The lowest BCUT2D eigenvalue weighted by Crippen LogP contribution is -2.63. The Kier molecular flexibility index (Phi) is 9.91. The Morgan fingerprint density at radius 2 is 1.88 bits per heavy atom. The fourth-order valence-electron chi connectivity index (χ4n) is 7.97. The van der Waals surface area contributed by atoms with Crippen molar-refractivity contribution in [2.75, 3.05) is 19.8 Å². The molecular weight excluding hydrogens is 520 g/mol. The maximum absolute atomic E-state index is 14.9. The molecule has 2 unspecified atom stereocenters. The third-order valence-corrected chi connectivity index (χ3v) is 9.62. The second-order valence-electron chi connectivity index (χ2n) is 14.5. The van der Waals surface area contributed by atoms with Crippen molar-refractivity contribution in [1.82, 2.24) is 9.80 Å². The number of nitrogens with zero attached hydrogens (tertiary/aromatic N) is 2. The number of likely N-dealkylation sites (tertiary alicyclic amines) is 1. The van der Waals surface area contributed by atoms with Gasteiger partial charge in [0.2, 0.25) is 11.8 Å². The van der Waals surface area contributed by atoms with Crippen LogP contribution in [0.4, 0.5) is 0 Å². The van der Waals surface area contributed by atoms with E-state index in [4.69, 9.17) is 9.47 Å². The van der Waals surface area contributed by atoms with Gasteiger partial charge in [-0.15, -0.1) is 13.2 Å². The topological polar surface area (TPSA) is 96.4 Å². The molecule has 0 aromatic heterocycles. The van der Waals surface area contributed by atoms with Crippen LogP contribution in [0.1, 0.15) is 93.9 Å². The summed E-state index contributed by atoms with van der Waals surface area (Å²) < 4.78 is 12.5. The number of rotatable bonds is 14. The quantitative estimate of drug-likeness (QED) is 0.180. The van der Waals surface area contributed by atoms with Crippen molar-refractivity contribution in [3.8, 4) is 0 Å². The molecule has 0 aromatic carbocycles. The minimum atomic E-state index is -1.17. The molecule has 0 radical (unpaired) electrons. The second-order valence-corrected chi connectivity index (χ2v) is 14.5. The van der Waals surface area contributed by atoms with Gasteiger partial charge in [-0.2, -0.15) is 0 Å². The summed E-state index contributed by atoms with van der Waals surface area (Å²) >= 11 is 0. The minimum Gasteiger partial charge on any atom is -0.465 e. The number of aliphatic hydroxyl groups excluding tert-OH is 1. The van der Waals surface area contributed by atoms with E-state index in [1.54, 1.807) is 17.1 Å². The van der Waals surface area contributed by atoms with E-state index in [0.717, 1.165) is 12.8 Å². The molecule has 232 valence electrons. The maximum Gasteiger partial charge on any atom is 0.312 e. The van der Waals surface area contributed by atoms with Gasteiger partial charge in [-0.05, 0) is 64.2 Å². The summed E-state index contributed by atoms with van der Waals surface area (Å²) in [6, 6.07) is -1.55. The van der Waals surface area contributed by atoms with Crippen LogP contribution >= 0.6 is 0 Å². The lowest BCUT2D eigenvalue weighted by molar-refractivity contribution is -0.164. The van der Waals surface area contributed by atoms with Gasteiger partial charge in [-0.3, -0.25) is 14.4 Å². The van der Waals surface area contributed by atoms with Gasteiger partial charge in [0.1, 0.15) is 17.6 Å². The number of esters is 1. The summed E-state index contributed by atoms with van der Waals surface area (Å²) in [7, 11) is 0. The molecule has 1 spiro atoms. The molecular formula is C33H54N2O6. The Balaban J connectivity index is 2.14. The number of aliphatic hydroxyl groups is 1. The maximum atomic E-state index is 14.9. The molecule has 7 atom stereocenters. The zero-order valence-corrected chi connectivity index (χ0v) is 26.7. The van der Waals surface area contributed by atoms with Crippen LogP contribution in [0.15, 0.2) is 25.3 Å². The van der Waals surface area contributed by atoms with Crippen molar-refractivity contribution in [2.45, 2.75) is 123 Å². The molecule has 3 aliphatic rings. The van der Waals surface area contributed by atoms with Crippen molar-refractivity contribution >= 4 is 17.8 Å². The molecule has 3 rings (SSSR count). The van der Waals surface area contributed by atoms with Crippen LogP contribution in [0, 0.1) is 23.2 Å². The van der Waals surface area contributed by atoms with Gasteiger partial charge in [0.05, 0.1) is 30.8 Å². The average Bonchev–Trinajstić information content (AvgIpc) is 3.44. The summed E-state index contributed by atoms with van der Waals surface area (Å²) in [5.74, 6) is -2.71. The van der Waals surface area contributed by atoms with Crippen LogP contribution < -0.4 is 0 Å². The molecule has 3 aliphatic heterocycles. The van der Waals surface area contributed by atoms with Gasteiger partial charge in [0, 0.05) is 12.1 Å². The number of unbranched alkanes of at least 4 members (excludes halogenated alkanes) is 1. The molecule has 0 saturated carbocycles. The predicted octanol–water partition coefficient (Wildman–Crippen LogP) is 4.90. The van der Waals surface area contributed by atoms with Crippen LogP contribution in [0.25, 0.3) is 0 Å². The average molecular weight is 575 g/mol. The van der Waals surface area contributed by atoms with Crippen LogP contribution in [-0.4, -0.2) is 81.3 Å². The summed E-state index contributed by atoms with van der Waals surface area (Å²) in [6.07, 6.45) is 7.33. The summed E-state index contributed by atoms with van der Waals surface area (Å²) in [5.41, 5.74) is -2.70. The Bertz CT molecular complexity index is 1020. The number of allylic oxidation sites excluding steroid dienone is 1. The van der Waals surface area contributed by atoms with E-state index < -0.39 is 46.6 Å². The number of ether oxygens (including phenoxy) is 2. The first kappa shape index (κ1) is 33.3. The molecule has 8 heteroatoms. The first-order valence-corrected chi connectivity index (χ1v) is 15.4. The SMILES string of the molecule is C=CCCCOC(=O)[C@@H]1[C@H]2C(=O)N([C@@H](CO)[C@@H](C)CC)C(C(=O)N(CC=C)C(C)(C)CC(C)(C)C)C23CC[C@@]1(C)O3. The number of carbonyl (C=O) groups is 3. The van der Waals surface area contributed by atoms with Gasteiger partial charge in [0.25, 0.3) is 0 Å². The zero-order chi connectivity index (χ0) is 31.0. The highest BCUT2D eigenvalue weighted by Crippen LogP contribution is 2.64. The monoisotopic (exact) mass is 574 g/mol. The molecule has 0 aliphatic carbocycles. The van der Waals surface area contributed by atoms with Crippen molar-refractivity contribution in [1.29, 1.82) is 0 Å². The predicted molar refractivity (Wildman–Crippen MR) is 160 cm³/mol. The van der Waals surface area contributed by atoms with Gasteiger partial charge >= 0.3 is 5.97 Å². The van der Waals surface area contributed by atoms with Crippen LogP contribution in [0.2, 0.25) is 0 Å². The molecule has 41 heavy (non-hydrogen) atoms. The lowest BCUT2D eigenvalue weighted by atomic mass is 9.66. The smallest absolute Gasteiger partial charge is 0.312 e. The van der Waals surface area contributed by atoms with E-state index in [-0.39, 0.29) is 36.4 Å². The molecule has 2 bridgehead atoms. The largest absolute Gasteiger partial charge is 0.465 e. The lowest BCUT2D eigenvalue weighted by Gasteiger charge is -2.47. The highest BCUT2D eigenvalue weighted by molar-refractivity contribution is 5.99. The Labute approximate surface area is 247 Å². The van der Waals surface area contributed by atoms with Gasteiger partial charge in [-0.1, -0.05) is 53.2 Å². The van der Waals surface area contributed by atoms with E-state index in [0.29, 0.717) is 32.2 Å². The molecule has 3 heterocycles. The first-order valence-electron chi connectivity index (χ1n) is 15.4. The minimum absolute atomic E-state index is 0.0597. The van der Waals surface area contributed by atoms with Crippen LogP contribution in [-0.2, 0) is 23.9 Å². The van der Waals surface area contributed by atoms with Crippen LogP contribution in [0.5, 0.6) is 0 Å². The summed E-state index contributed by atoms with van der Waals surface area (Å²) in [4.78, 5) is 46.4. The van der Waals surface area contributed by atoms with E-state index in [9.17, 15) is 19.5 Å². The standard InChI is InChI=1S/C33H54N2O6/c1-11-14-15-19-40-29(39)25-24-27(37)35(23(20-36)22(4)13-3)26(33(24)17-16-32(25,10)41-33)28(38)34(18-12-2)31(8,9)21-30(5,6)7/h11-12,22-26,36H,1-2,13-21H2,3-10H3/t22-,23-,24-,25-,26?,32+,33?/m0/s1. The Morgan fingerprint density at radius 3 is 2.41 bits per heavy atom. The number of amides is 2. The molecule has 3 saturated heterocycles. The highest BCUT2D eigenvalue weighted by atomic mass is 16.6. The molecule has 0 aromatic rings. The van der Waals surface area contributed by atoms with Crippen molar-refractivity contribution in [2.24, 2.45) is 23.2 Å². The van der Waals surface area contributed by atoms with Crippen molar-refractivity contribution in [3.05, 3.63) is 25.3 Å². The Hall–Kier alpha value is -2.19. The van der Waals surface area contributed by atoms with Gasteiger partial charge in [-0.25, -0.2) is 0 Å². The zero-order valence-electron chi connectivity index (χ0n) is 26.7. The Morgan fingerprint density at radius 1 is 1.22 bits per heavy atom. The third kappa shape index (κ3) is 6.01. The fraction of sp³-hybridized carbons (Fsp3) is 0.788. The van der Waals surface area contributed by atoms with E-state index in [1.165, 1.54) is 0 Å². The second kappa shape index (κ2) is 12.2. The number of hydrogen-bond acceptors (Lipinski definition) is 6. The molecule has 2 amide bonds. The van der Waals surface area contributed by atoms with Gasteiger partial charge in [0.15, 0.2) is 0 Å². The van der Waals surface area contributed by atoms with Crippen molar-refractivity contribution in [3.63, 3.8) is 0 Å². The van der Waals surface area contributed by atoms with Crippen LogP contribution in [0.3, 0.4) is 0 Å². The number of fused-ring (bicyclic) bond motifs is 1. The van der Waals surface area contributed by atoms with E-state index >= 15 is 0 Å². The molecule has 8 nitrogen and oxygen atoms in total. The first-order chi connectivity index (χ1) is 19.0. The summed E-state index contributed by atoms with van der Waals surface area (Å²) in [6.45, 7) is 24.3. The number of hydrogen-bond donors (Lipinski definition) is 1. The van der Waals surface area contributed by atoms with Crippen molar-refractivity contribution < 1.29 is 29.0 Å². The molecule has 3 fully saturated rings. The molecule has 1 N–H and O–H groups in total. The third-order valence-electron chi connectivity index (χ3n) is 9.62. The summed E-state index contributed by atoms with van der Waals surface area (Å²) in [5, 5.41) is 10.6. The van der Waals surface area contributed by atoms with Gasteiger partial charge < -0.3 is 24.4 Å². The fourth-order valence-corrected chi connectivity index (χ4v) is 7.97. The highest BCUT2D eigenvalue weighted by Gasteiger charge is 2.79. The normalized spacial score (nSPS) is 30.6. The number of carbonyl (C=O) groups excluding carboxylic acids is 3.